The Hall–Kier alpha value is -1.36. The Kier molecular flexibility index (Phi) is 72.3. The molecule has 0 aliphatic rings. The summed E-state index contributed by atoms with van der Waals surface area (Å²) >= 11 is 8.83. The molecule has 14 nitrogen and oxygen atoms in total. The van der Waals surface area contributed by atoms with Gasteiger partial charge in [-0.05, 0) is 109 Å². The predicted molar refractivity (Wildman–Crippen MR) is 646 cm³/mol. The zero-order valence-corrected chi connectivity index (χ0v) is 115. The molecule has 0 radical (unpaired) electrons. The number of phenolic OH excluding ortho intramolecular Hbond substituents is 6. The zero-order valence-electron chi connectivity index (χ0n) is 88.9. The molecule has 39 heteroatoms. The van der Waals surface area contributed by atoms with Gasteiger partial charge < -0.3 is 72.0 Å². The van der Waals surface area contributed by atoms with Gasteiger partial charge in [0.15, 0.2) is 11.5 Å². The van der Waals surface area contributed by atoms with E-state index in [9.17, 15) is 35.0 Å². The van der Waals surface area contributed by atoms with Crippen LogP contribution in [-0.2, 0) is 156 Å². The second kappa shape index (κ2) is 74.0. The van der Waals surface area contributed by atoms with E-state index >= 15 is 0 Å². The number of halogens is 7. The Morgan fingerprint density at radius 2 is 0.586 bits per heavy atom. The fourth-order valence-corrected chi connectivity index (χ4v) is 30.7. The molecule has 0 saturated heterocycles. The standard InChI is InChI=1S/C20H30FNOPSi2.C20H31NOPSi2.2C18H25NOPSi.2C15H17NO2P.6ClH.6Ti/c1-22-13-14-10-15(21)8-9-17(14)24-18-11-16(25(2,3)4)12-19(20(18)23)26(5,6)7;1-21-14-15-10-8-9-11-17(15)23-18-12-16(24(2,3)4)13-19(20(18)22)25(5,6)7;1-13-6-9-17(14(10-13)12-19-2)21-18-11-15(22(3,4)5)7-8-16(18)20;1-13-8-6-9-14(12-19-2)18(13)21-15-10-7-11-16(17(15)20)22(3,4)5;1-16-10-11-6-3-4-8-13(11)19-14-9-5-7-12(18-2)15(14)17;1-16-10-11-5-3-4-6-14(11)19-15-9-12(18-2)7-8-13(15)17;;;;;;;;;;;;/h8-12,23-24H,13H2,1-7H3;8-13,22-23H,14H2,1-7H3;2*6-11,20-21H,12H2,1-5H3;2*3-9,17,19H,10H2,1-2H3;6*1H;;;;;;/q6*-1;;;;;;;6*+2/p-6. The van der Waals surface area contributed by atoms with Crippen LogP contribution < -0.4 is 104 Å². The summed E-state index contributed by atoms with van der Waals surface area (Å²) < 4.78 is 24.0. The molecule has 6 unspecified atom stereocenters. The Labute approximate surface area is 979 Å². The Morgan fingerprint density at radius 1 is 0.269 bits per heavy atom. The van der Waals surface area contributed by atoms with Gasteiger partial charge in [0.1, 0.15) is 40.3 Å². The Bertz CT molecular complexity index is 5820. The molecule has 0 saturated carbocycles. The van der Waals surface area contributed by atoms with E-state index in [0.29, 0.717) is 106 Å². The molecule has 0 fully saturated rings. The number of nitrogens with zero attached hydrogens (tertiary/aromatic N) is 6. The van der Waals surface area contributed by atoms with Crippen molar-refractivity contribution < 1.29 is 161 Å². The summed E-state index contributed by atoms with van der Waals surface area (Å²) in [7, 11) is 35.3. The summed E-state index contributed by atoms with van der Waals surface area (Å²) in [6.45, 7) is 50.0. The van der Waals surface area contributed by atoms with E-state index in [1.165, 1.54) is 209 Å². The van der Waals surface area contributed by atoms with Crippen molar-refractivity contribution in [2.45, 2.75) is 171 Å². The first-order chi connectivity index (χ1) is 68.6. The van der Waals surface area contributed by atoms with Crippen molar-refractivity contribution in [1.29, 1.82) is 0 Å². The zero-order chi connectivity index (χ0) is 111. The number of phenols is 6. The number of benzene rings is 12. The summed E-state index contributed by atoms with van der Waals surface area (Å²) in [6.07, 6.45) is 0. The van der Waals surface area contributed by atoms with Crippen molar-refractivity contribution in [3.05, 3.63) is 307 Å². The average molecular weight is 2500 g/mol. The Balaban J connectivity index is 0.000000853. The molecule has 774 valence electrons. The molecule has 0 amide bonds. The third kappa shape index (κ3) is 49.1. The first kappa shape index (κ1) is 142. The van der Waals surface area contributed by atoms with Gasteiger partial charge in [0, 0.05) is 31.8 Å². The van der Waals surface area contributed by atoms with E-state index in [2.05, 4.69) is 359 Å². The molecule has 0 spiro atoms. The number of aryl methyl sites for hydroxylation is 2. The van der Waals surface area contributed by atoms with Gasteiger partial charge in [-0.25, -0.2) is 4.39 Å². The second-order valence-corrected chi connectivity index (χ2v) is 77.4. The molecular weight excluding hydrogens is 2360 g/mol. The molecule has 0 aliphatic heterocycles. The van der Waals surface area contributed by atoms with Gasteiger partial charge >= 0.3 is 172 Å². The number of hydrogen-bond donors (Lipinski definition) is 6. The van der Waals surface area contributed by atoms with Crippen molar-refractivity contribution >= 4 is 251 Å². The fourth-order valence-electron chi connectivity index (χ4n) is 14.4. The van der Waals surface area contributed by atoms with Crippen molar-refractivity contribution in [2.24, 2.45) is 0 Å². The van der Waals surface area contributed by atoms with Crippen LogP contribution in [0.4, 0.5) is 4.39 Å². The van der Waals surface area contributed by atoms with Crippen molar-refractivity contribution in [1.82, 2.24) is 0 Å². The van der Waals surface area contributed by atoms with Gasteiger partial charge in [0.25, 0.3) is 0 Å². The molecule has 145 heavy (non-hydrogen) atoms. The van der Waals surface area contributed by atoms with Crippen LogP contribution in [0.1, 0.15) is 44.5 Å². The first-order valence-electron chi connectivity index (χ1n) is 46.1. The normalized spacial score (nSPS) is 11.3. The van der Waals surface area contributed by atoms with Crippen LogP contribution >= 0.6 is 107 Å². The third-order valence-corrected chi connectivity index (χ3v) is 42.8. The average Bonchev–Trinajstić information content (AvgIpc) is 0.781. The maximum absolute atomic E-state index is 13.7. The van der Waals surface area contributed by atoms with E-state index in [1.807, 2.05) is 89.8 Å². The molecule has 0 bridgehead atoms. The number of ether oxygens (including phenoxy) is 2. The van der Waals surface area contributed by atoms with Gasteiger partial charge in [-0.2, -0.15) is 42.3 Å². The summed E-state index contributed by atoms with van der Waals surface area (Å²) in [5.74, 6) is 3.45. The molecule has 0 heterocycles. The van der Waals surface area contributed by atoms with Crippen LogP contribution in [0.5, 0.6) is 46.0 Å². The molecule has 6 atom stereocenters. The minimum atomic E-state index is -1.68. The van der Waals surface area contributed by atoms with Crippen LogP contribution in [0.25, 0.3) is 31.9 Å². The van der Waals surface area contributed by atoms with Crippen molar-refractivity contribution in [3.63, 3.8) is 0 Å². The number of aromatic hydroxyl groups is 6. The fraction of sp³-hybridized carbons (Fsp3) is 0.321. The number of methoxy groups -OCH3 is 2. The summed E-state index contributed by atoms with van der Waals surface area (Å²) in [5.41, 5.74) is 9.62. The number of rotatable bonds is 32. The molecule has 12 rings (SSSR count). The molecular formula is C106H145Cl6FN6O8P6Si6Ti6. The van der Waals surface area contributed by atoms with E-state index in [4.69, 9.17) is 9.47 Å². The molecule has 12 aromatic carbocycles. The van der Waals surface area contributed by atoms with E-state index in [1.54, 1.807) is 45.5 Å². The summed E-state index contributed by atoms with van der Waals surface area (Å²) in [4.78, 5) is 0. The van der Waals surface area contributed by atoms with Crippen molar-refractivity contribution in [2.75, 3.05) is 56.5 Å². The van der Waals surface area contributed by atoms with Crippen molar-refractivity contribution in [3.8, 4) is 46.0 Å². The van der Waals surface area contributed by atoms with Gasteiger partial charge in [-0.1, -0.05) is 406 Å². The Morgan fingerprint density at radius 3 is 0.986 bits per heavy atom. The molecule has 12 aromatic rings. The summed E-state index contributed by atoms with van der Waals surface area (Å²) in [6, 6.07) is 74.9. The maximum atomic E-state index is 13.7. The molecule has 6 N–H and O–H groups in total. The SMILES string of the molecule is C[N-]Cc1cc(C)ccc1Pc1cc([Si](C)(C)C)ccc1O.C[N-]Cc1cc(F)ccc1Pc1cc([Si](C)(C)C)cc([Si](C)(C)C)c1O.C[N-]Cc1cccc(C)c1Pc1cccc([Si](C)(C)C)c1O.C[N-]Cc1ccccc1Pc1cc(OC)ccc1O.C[N-]Cc1ccccc1Pc1cc([Si](C)(C)C)cc([Si](C)(C)C)c1O.C[N-]Cc1ccccc1Pc1cccc(OC)c1O.[Cl][Ti+].[Cl][Ti+].[Cl][Ti+].[Cl][Ti+].[Cl][Ti+].[Cl][Ti+]. The minimum absolute atomic E-state index is 0.228. The van der Waals surface area contributed by atoms with Crippen LogP contribution in [0.15, 0.2) is 224 Å². The van der Waals surface area contributed by atoms with E-state index < -0.39 is 48.4 Å². The number of hydrogen-bond acceptors (Lipinski definition) is 8. The first-order valence-corrected chi connectivity index (χ1v) is 86.0. The van der Waals surface area contributed by atoms with Crippen LogP contribution in [-0.4, -0.2) is 136 Å². The second-order valence-electron chi connectivity index (χ2n) is 39.2. The number of para-hydroxylation sites is 2. The molecule has 0 aromatic heterocycles. The van der Waals surface area contributed by atoms with Gasteiger partial charge in [-0.15, -0.1) is 39.3 Å². The van der Waals surface area contributed by atoms with Crippen LogP contribution in [0.2, 0.25) is 118 Å². The van der Waals surface area contributed by atoms with Crippen LogP contribution in [0, 0.1) is 19.7 Å². The topological polar surface area (TPSA) is 224 Å². The van der Waals surface area contributed by atoms with E-state index in [-0.39, 0.29) is 11.6 Å². The van der Waals surface area contributed by atoms with Gasteiger partial charge in [-0.3, -0.25) is 0 Å². The predicted octanol–water partition coefficient (Wildman–Crippen LogP) is 23.3. The van der Waals surface area contributed by atoms with Gasteiger partial charge in [0.05, 0.1) is 62.7 Å². The summed E-state index contributed by atoms with van der Waals surface area (Å²) in [5, 5.41) is 109. The monoisotopic (exact) mass is 2500 g/mol. The molecule has 0 aliphatic carbocycles. The van der Waals surface area contributed by atoms with E-state index in [0.717, 1.165) is 78.5 Å². The van der Waals surface area contributed by atoms with Gasteiger partial charge in [0.2, 0.25) is 0 Å². The quantitative estimate of drug-likeness (QED) is 0.0175. The van der Waals surface area contributed by atoms with Crippen LogP contribution in [0.3, 0.4) is 0 Å². The third-order valence-electron chi connectivity index (χ3n) is 22.0.